The number of alkyl halides is 13. The number of carboxylic acid groups (broad SMARTS) is 1. The third-order valence-corrected chi connectivity index (χ3v) is 1.71. The summed E-state index contributed by atoms with van der Waals surface area (Å²) in [6.07, 6.45) is -34.3. The number of carboxylic acids is 1. The lowest BCUT2D eigenvalue weighted by atomic mass is 10.3. The van der Waals surface area contributed by atoms with Gasteiger partial charge < -0.3 is 5.11 Å². The molecular formula is C7HF13O5. The molecule has 150 valence electrons. The number of hydrogen-bond donors (Lipinski definition) is 1. The van der Waals surface area contributed by atoms with Gasteiger partial charge in [0.2, 0.25) is 0 Å². The van der Waals surface area contributed by atoms with Crippen molar-refractivity contribution in [2.24, 2.45) is 0 Å². The summed E-state index contributed by atoms with van der Waals surface area (Å²) < 4.78 is 164. The van der Waals surface area contributed by atoms with Gasteiger partial charge in [-0.05, 0) is 0 Å². The van der Waals surface area contributed by atoms with Crippen molar-refractivity contribution in [2.45, 2.75) is 36.9 Å². The van der Waals surface area contributed by atoms with Crippen LogP contribution < -0.4 is 0 Å². The molecule has 1 N–H and O–H groups in total. The van der Waals surface area contributed by atoms with E-state index in [1.165, 1.54) is 4.74 Å². The largest absolute Gasteiger partial charge is 0.529 e. The van der Waals surface area contributed by atoms with Crippen LogP contribution in [0.2, 0.25) is 0 Å². The van der Waals surface area contributed by atoms with Crippen molar-refractivity contribution < 1.29 is 81.2 Å². The molecule has 0 bridgehead atoms. The molecule has 25 heavy (non-hydrogen) atoms. The molecule has 0 heterocycles. The smallest absolute Gasteiger partial charge is 0.477 e. The standard InChI is InChI=1S/C7HF13O5/c8-2(9,1(21)22)3(10,11)23-4(12,13)5(14,15)24-7(19,20)25-6(16,17)18/h(H,21,22). The molecule has 0 aromatic heterocycles. The van der Waals surface area contributed by atoms with Crippen LogP contribution in [0.4, 0.5) is 57.1 Å². The maximum atomic E-state index is 12.7. The lowest BCUT2D eigenvalue weighted by Crippen LogP contribution is -2.58. The van der Waals surface area contributed by atoms with Gasteiger partial charge in [0.05, 0.1) is 0 Å². The molecule has 5 nitrogen and oxygen atoms in total. The average molecular weight is 412 g/mol. The van der Waals surface area contributed by atoms with Crippen LogP contribution in [0.3, 0.4) is 0 Å². The highest BCUT2D eigenvalue weighted by molar-refractivity contribution is 5.76. The fraction of sp³-hybridized carbons (Fsp3) is 0.857. The lowest BCUT2D eigenvalue weighted by molar-refractivity contribution is -0.579. The second-order valence-corrected chi connectivity index (χ2v) is 3.65. The second-order valence-electron chi connectivity index (χ2n) is 3.65. The maximum absolute atomic E-state index is 12.7. The van der Waals surface area contributed by atoms with Gasteiger partial charge in [0, 0.05) is 0 Å². The minimum atomic E-state index is -7.17. The van der Waals surface area contributed by atoms with E-state index in [1.54, 1.807) is 9.47 Å². The molecule has 0 fully saturated rings. The fourth-order valence-corrected chi connectivity index (χ4v) is 0.773. The third kappa shape index (κ3) is 5.73. The fourth-order valence-electron chi connectivity index (χ4n) is 0.773. The quantitative estimate of drug-likeness (QED) is 0.488. The first-order valence-corrected chi connectivity index (χ1v) is 4.86. The van der Waals surface area contributed by atoms with Crippen molar-refractivity contribution in [3.05, 3.63) is 0 Å². The monoisotopic (exact) mass is 412 g/mol. The molecule has 0 aromatic carbocycles. The predicted molar refractivity (Wildman–Crippen MR) is 41.7 cm³/mol. The van der Waals surface area contributed by atoms with Gasteiger partial charge in [-0.15, -0.1) is 22.0 Å². The Bertz CT molecular complexity index is 497. The number of carbonyl (C=O) groups is 1. The molecule has 0 aromatic rings. The van der Waals surface area contributed by atoms with Crippen LogP contribution in [0.5, 0.6) is 0 Å². The Labute approximate surface area is 125 Å². The Morgan fingerprint density at radius 1 is 0.600 bits per heavy atom. The summed E-state index contributed by atoms with van der Waals surface area (Å²) in [6.45, 7) is 0. The van der Waals surface area contributed by atoms with Gasteiger partial charge in [0.1, 0.15) is 0 Å². The summed E-state index contributed by atoms with van der Waals surface area (Å²) >= 11 is 0. The van der Waals surface area contributed by atoms with Crippen LogP contribution in [0.15, 0.2) is 0 Å². The third-order valence-electron chi connectivity index (χ3n) is 1.71. The van der Waals surface area contributed by atoms with Gasteiger partial charge in [-0.25, -0.2) is 14.3 Å². The zero-order valence-electron chi connectivity index (χ0n) is 10.5. The van der Waals surface area contributed by atoms with Crippen LogP contribution >= 0.6 is 0 Å². The van der Waals surface area contributed by atoms with Crippen LogP contribution in [-0.4, -0.2) is 48.0 Å². The van der Waals surface area contributed by atoms with Gasteiger partial charge in [-0.3, -0.25) is 0 Å². The molecule has 18 heteroatoms. The number of halogens is 13. The molecule has 0 amide bonds. The molecule has 0 spiro atoms. The molecule has 0 atom stereocenters. The van der Waals surface area contributed by atoms with E-state index in [0.717, 1.165) is 0 Å². The highest BCUT2D eigenvalue weighted by Gasteiger charge is 2.74. The van der Waals surface area contributed by atoms with Gasteiger partial charge in [-0.1, -0.05) is 0 Å². The Balaban J connectivity index is 5.52. The summed E-state index contributed by atoms with van der Waals surface area (Å²) in [5.41, 5.74) is 0. The minimum absolute atomic E-state index is 1.54. The van der Waals surface area contributed by atoms with Gasteiger partial charge in [0.25, 0.3) is 0 Å². The van der Waals surface area contributed by atoms with E-state index in [-0.39, 0.29) is 0 Å². The number of aliphatic carboxylic acids is 1. The Morgan fingerprint density at radius 3 is 1.28 bits per heavy atom. The predicted octanol–water partition coefficient (Wildman–Crippen LogP) is 3.60. The van der Waals surface area contributed by atoms with E-state index >= 15 is 0 Å². The van der Waals surface area contributed by atoms with Crippen molar-refractivity contribution in [2.75, 3.05) is 0 Å². The van der Waals surface area contributed by atoms with Crippen molar-refractivity contribution in [3.8, 4) is 0 Å². The first kappa shape index (κ1) is 23.4. The number of rotatable bonds is 8. The first-order chi connectivity index (χ1) is 10.6. The first-order valence-electron chi connectivity index (χ1n) is 4.86. The Morgan fingerprint density at radius 2 is 0.960 bits per heavy atom. The Kier molecular flexibility index (Phi) is 5.91. The molecule has 0 radical (unpaired) electrons. The molecule has 0 unspecified atom stereocenters. The minimum Gasteiger partial charge on any atom is -0.477 e. The van der Waals surface area contributed by atoms with E-state index in [0.29, 0.717) is 0 Å². The SMILES string of the molecule is O=C(O)C(F)(F)C(F)(F)OC(F)(F)C(F)(F)OC(F)(F)OC(F)(F)F. The van der Waals surface area contributed by atoms with Gasteiger partial charge in [-0.2, -0.15) is 39.9 Å². The zero-order valence-corrected chi connectivity index (χ0v) is 10.5. The average Bonchev–Trinajstić information content (AvgIpc) is 2.20. The number of hydrogen-bond acceptors (Lipinski definition) is 4. The van der Waals surface area contributed by atoms with E-state index in [1.807, 2.05) is 0 Å². The Hall–Kier alpha value is -1.56. The highest BCUT2D eigenvalue weighted by atomic mass is 19.4. The van der Waals surface area contributed by atoms with Crippen LogP contribution in [0.25, 0.3) is 0 Å². The maximum Gasteiger partial charge on any atom is 0.529 e. The van der Waals surface area contributed by atoms with E-state index in [9.17, 15) is 61.9 Å². The molecule has 0 aliphatic rings. The molecule has 0 rings (SSSR count). The molecule has 0 saturated heterocycles. The molecule has 0 aliphatic carbocycles. The second kappa shape index (κ2) is 6.31. The number of ether oxygens (including phenoxy) is 3. The van der Waals surface area contributed by atoms with Crippen molar-refractivity contribution >= 4 is 5.97 Å². The summed E-state index contributed by atoms with van der Waals surface area (Å²) in [6, 6.07) is 0. The molecular weight excluding hydrogens is 411 g/mol. The summed E-state index contributed by atoms with van der Waals surface area (Å²) in [5.74, 6) is -10.4. The normalized spacial score (nSPS) is 15.4. The summed E-state index contributed by atoms with van der Waals surface area (Å²) in [7, 11) is 0. The van der Waals surface area contributed by atoms with E-state index in [2.05, 4.69) is 0 Å². The topological polar surface area (TPSA) is 65.0 Å². The van der Waals surface area contributed by atoms with Crippen molar-refractivity contribution in [1.29, 1.82) is 0 Å². The lowest BCUT2D eigenvalue weighted by Gasteiger charge is -2.32. The van der Waals surface area contributed by atoms with Crippen molar-refractivity contribution in [3.63, 3.8) is 0 Å². The van der Waals surface area contributed by atoms with Gasteiger partial charge in [0.15, 0.2) is 0 Å². The van der Waals surface area contributed by atoms with Crippen molar-refractivity contribution in [1.82, 2.24) is 0 Å². The molecule has 0 aliphatic heterocycles. The van der Waals surface area contributed by atoms with E-state index in [4.69, 9.17) is 5.11 Å². The molecule has 0 saturated carbocycles. The van der Waals surface area contributed by atoms with Crippen LogP contribution in [0.1, 0.15) is 0 Å². The van der Waals surface area contributed by atoms with Crippen LogP contribution in [-0.2, 0) is 19.0 Å². The summed E-state index contributed by atoms with van der Waals surface area (Å²) in [4.78, 5) is 9.75. The van der Waals surface area contributed by atoms with E-state index < -0.39 is 42.9 Å². The zero-order chi connectivity index (χ0) is 20.7. The summed E-state index contributed by atoms with van der Waals surface area (Å²) in [5, 5.41) is 7.65. The highest BCUT2D eigenvalue weighted by Crippen LogP contribution is 2.47. The van der Waals surface area contributed by atoms with Crippen LogP contribution in [0, 0.1) is 0 Å². The van der Waals surface area contributed by atoms with Gasteiger partial charge >= 0.3 is 42.9 Å².